The second-order valence-corrected chi connectivity index (χ2v) is 7.77. The van der Waals surface area contributed by atoms with Crippen LogP contribution in [-0.2, 0) is 24.1 Å². The van der Waals surface area contributed by atoms with Crippen LogP contribution in [0.15, 0.2) is 47.5 Å². The molecule has 0 aliphatic heterocycles. The first-order valence-corrected chi connectivity index (χ1v) is 10.7. The zero-order valence-electron chi connectivity index (χ0n) is 18.6. The van der Waals surface area contributed by atoms with Crippen molar-refractivity contribution >= 4 is 35.6 Å². The van der Waals surface area contributed by atoms with Crippen LogP contribution >= 0.6 is 24.0 Å². The zero-order chi connectivity index (χ0) is 21.2. The Kier molecular flexibility index (Phi) is 11.1. The second kappa shape index (κ2) is 13.5. The molecule has 0 atom stereocenters. The van der Waals surface area contributed by atoms with Gasteiger partial charge in [-0.2, -0.15) is 0 Å². The number of nitrogens with zero attached hydrogens (tertiary/aromatic N) is 2. The Bertz CT molecular complexity index is 844. The minimum absolute atomic E-state index is 0. The van der Waals surface area contributed by atoms with E-state index in [-0.39, 0.29) is 24.0 Å². The van der Waals surface area contributed by atoms with Gasteiger partial charge in [0, 0.05) is 25.9 Å². The van der Waals surface area contributed by atoms with Gasteiger partial charge in [0.05, 0.1) is 13.2 Å². The number of hydrogen-bond donors (Lipinski definition) is 2. The number of halogens is 1. The van der Waals surface area contributed by atoms with Crippen molar-refractivity contribution in [2.45, 2.75) is 32.2 Å². The van der Waals surface area contributed by atoms with Crippen LogP contribution in [0.4, 0.5) is 5.69 Å². The molecule has 0 unspecified atom stereocenters. The van der Waals surface area contributed by atoms with E-state index >= 15 is 0 Å². The molecular weight excluding hydrogens is 503 g/mol. The van der Waals surface area contributed by atoms with Gasteiger partial charge in [-0.3, -0.25) is 0 Å². The Balaban J connectivity index is 0.00000341. The third kappa shape index (κ3) is 8.31. The first-order valence-electron chi connectivity index (χ1n) is 10.7. The molecule has 0 fully saturated rings. The smallest absolute Gasteiger partial charge is 0.193 e. The van der Waals surface area contributed by atoms with Crippen molar-refractivity contribution in [1.82, 2.24) is 4.90 Å². The molecule has 2 aromatic rings. The van der Waals surface area contributed by atoms with E-state index in [0.29, 0.717) is 19.1 Å². The maximum absolute atomic E-state index is 6.17. The van der Waals surface area contributed by atoms with Crippen molar-refractivity contribution in [2.24, 2.45) is 10.7 Å². The molecule has 7 heteroatoms. The number of benzene rings is 2. The van der Waals surface area contributed by atoms with Crippen molar-refractivity contribution in [1.29, 1.82) is 0 Å². The molecular formula is C24H35IN4O2. The summed E-state index contributed by atoms with van der Waals surface area (Å²) in [6, 6.07) is 14.4. The lowest BCUT2D eigenvalue weighted by atomic mass is 9.90. The van der Waals surface area contributed by atoms with Crippen LogP contribution in [0.5, 0.6) is 5.75 Å². The molecule has 0 bridgehead atoms. The van der Waals surface area contributed by atoms with Gasteiger partial charge in [0.15, 0.2) is 5.96 Å². The number of aryl methyl sites for hydroxylation is 1. The number of hydrogen-bond acceptors (Lipinski definition) is 4. The summed E-state index contributed by atoms with van der Waals surface area (Å²) in [6.07, 6.45) is 4.75. The summed E-state index contributed by atoms with van der Waals surface area (Å²) in [5, 5.41) is 3.30. The van der Waals surface area contributed by atoms with Crippen LogP contribution in [0.25, 0.3) is 0 Å². The summed E-state index contributed by atoms with van der Waals surface area (Å²) in [7, 11) is 3.78. The van der Waals surface area contributed by atoms with Crippen LogP contribution in [0, 0.1) is 0 Å². The minimum atomic E-state index is 0. The van der Waals surface area contributed by atoms with E-state index in [1.165, 1.54) is 24.0 Å². The molecule has 170 valence electrons. The van der Waals surface area contributed by atoms with E-state index in [2.05, 4.69) is 40.5 Å². The Hall–Kier alpha value is -1.84. The molecule has 0 aromatic heterocycles. The molecule has 0 saturated heterocycles. The van der Waals surface area contributed by atoms with E-state index in [9.17, 15) is 0 Å². The minimum Gasteiger partial charge on any atom is -0.492 e. The first-order chi connectivity index (χ1) is 14.7. The van der Waals surface area contributed by atoms with E-state index < -0.39 is 0 Å². The highest BCUT2D eigenvalue weighted by molar-refractivity contribution is 14.0. The third-order valence-electron chi connectivity index (χ3n) is 5.41. The van der Waals surface area contributed by atoms with Gasteiger partial charge in [-0.15, -0.1) is 24.0 Å². The topological polar surface area (TPSA) is 72.1 Å². The summed E-state index contributed by atoms with van der Waals surface area (Å²) in [5.74, 6) is 1.30. The number of fused-ring (bicyclic) bond motifs is 1. The zero-order valence-corrected chi connectivity index (χ0v) is 20.9. The number of anilines is 1. The van der Waals surface area contributed by atoms with Gasteiger partial charge in [0.1, 0.15) is 12.4 Å². The predicted molar refractivity (Wildman–Crippen MR) is 139 cm³/mol. The summed E-state index contributed by atoms with van der Waals surface area (Å²) in [6.45, 7) is 3.62. The van der Waals surface area contributed by atoms with Gasteiger partial charge in [-0.05, 0) is 67.6 Å². The largest absolute Gasteiger partial charge is 0.492 e. The van der Waals surface area contributed by atoms with Crippen molar-refractivity contribution in [2.75, 3.05) is 45.8 Å². The number of likely N-dealkylation sites (N-methyl/N-ethyl adjacent to an activating group) is 1. The van der Waals surface area contributed by atoms with Crippen molar-refractivity contribution in [3.05, 3.63) is 59.2 Å². The van der Waals surface area contributed by atoms with Crippen LogP contribution in [0.2, 0.25) is 0 Å². The molecule has 3 N–H and O–H groups in total. The Morgan fingerprint density at radius 1 is 1.10 bits per heavy atom. The monoisotopic (exact) mass is 538 g/mol. The normalized spacial score (nSPS) is 13.5. The molecule has 0 saturated carbocycles. The van der Waals surface area contributed by atoms with Gasteiger partial charge < -0.3 is 25.4 Å². The van der Waals surface area contributed by atoms with Crippen LogP contribution in [0.1, 0.15) is 29.5 Å². The van der Waals surface area contributed by atoms with Gasteiger partial charge in [-0.25, -0.2) is 4.99 Å². The van der Waals surface area contributed by atoms with Crippen LogP contribution < -0.4 is 15.8 Å². The van der Waals surface area contributed by atoms with Gasteiger partial charge in [0.25, 0.3) is 0 Å². The standard InChI is InChI=1S/C24H34N4O2.HI/c1-28(13-15-29-2)14-16-30-21-10-5-7-19(17-21)18-26-24(25)27-23-12-6-9-20-8-3-4-11-22(20)23;/h5-7,9-10,12,17H,3-4,8,11,13-16,18H2,1-2H3,(H3,25,26,27);1H. The molecule has 1 aliphatic carbocycles. The summed E-state index contributed by atoms with van der Waals surface area (Å²) in [5.41, 5.74) is 11.1. The van der Waals surface area contributed by atoms with E-state index in [0.717, 1.165) is 49.5 Å². The molecule has 6 nitrogen and oxygen atoms in total. The maximum Gasteiger partial charge on any atom is 0.193 e. The number of rotatable bonds is 10. The molecule has 3 rings (SSSR count). The number of aliphatic imine (C=N–C) groups is 1. The predicted octanol–water partition coefficient (Wildman–Crippen LogP) is 4.07. The Labute approximate surface area is 203 Å². The summed E-state index contributed by atoms with van der Waals surface area (Å²) >= 11 is 0. The average molecular weight is 538 g/mol. The van der Waals surface area contributed by atoms with Gasteiger partial charge in [0.2, 0.25) is 0 Å². The molecule has 0 radical (unpaired) electrons. The highest BCUT2D eigenvalue weighted by Gasteiger charge is 2.13. The lowest BCUT2D eigenvalue weighted by Crippen LogP contribution is -2.27. The molecule has 31 heavy (non-hydrogen) atoms. The Morgan fingerprint density at radius 2 is 1.87 bits per heavy atom. The summed E-state index contributed by atoms with van der Waals surface area (Å²) < 4.78 is 11.0. The fraction of sp³-hybridized carbons (Fsp3) is 0.458. The number of nitrogens with one attached hydrogen (secondary N) is 1. The van der Waals surface area contributed by atoms with Crippen molar-refractivity contribution < 1.29 is 9.47 Å². The second-order valence-electron chi connectivity index (χ2n) is 7.77. The molecule has 0 amide bonds. The van der Waals surface area contributed by atoms with E-state index in [4.69, 9.17) is 15.2 Å². The molecule has 0 heterocycles. The average Bonchev–Trinajstić information content (AvgIpc) is 2.77. The maximum atomic E-state index is 6.17. The van der Waals surface area contributed by atoms with E-state index in [1.807, 2.05) is 24.3 Å². The first kappa shape index (κ1) is 25.4. The number of nitrogens with two attached hydrogens (primary N) is 1. The highest BCUT2D eigenvalue weighted by atomic mass is 127. The fourth-order valence-electron chi connectivity index (χ4n) is 3.66. The summed E-state index contributed by atoms with van der Waals surface area (Å²) in [4.78, 5) is 6.71. The van der Waals surface area contributed by atoms with Crippen molar-refractivity contribution in [3.63, 3.8) is 0 Å². The molecule has 0 spiro atoms. The lowest BCUT2D eigenvalue weighted by Gasteiger charge is -2.19. The number of methoxy groups -OCH3 is 1. The highest BCUT2D eigenvalue weighted by Crippen LogP contribution is 2.27. The van der Waals surface area contributed by atoms with E-state index in [1.54, 1.807) is 7.11 Å². The Morgan fingerprint density at radius 3 is 2.71 bits per heavy atom. The van der Waals surface area contributed by atoms with Crippen molar-refractivity contribution in [3.8, 4) is 5.75 Å². The SMILES string of the molecule is COCCN(C)CCOc1cccc(CN=C(N)Nc2cccc3c2CCCC3)c1.I. The van der Waals surface area contributed by atoms with Crippen LogP contribution in [0.3, 0.4) is 0 Å². The van der Waals surface area contributed by atoms with Crippen LogP contribution in [-0.4, -0.2) is 51.3 Å². The third-order valence-corrected chi connectivity index (χ3v) is 5.41. The number of ether oxygens (including phenoxy) is 2. The quantitative estimate of drug-likeness (QED) is 0.271. The number of guanidine groups is 1. The molecule has 2 aromatic carbocycles. The lowest BCUT2D eigenvalue weighted by molar-refractivity contribution is 0.150. The molecule has 1 aliphatic rings. The van der Waals surface area contributed by atoms with Gasteiger partial charge >= 0.3 is 0 Å². The van der Waals surface area contributed by atoms with Gasteiger partial charge in [-0.1, -0.05) is 24.3 Å². The fourth-order valence-corrected chi connectivity index (χ4v) is 3.66.